The monoisotopic (exact) mass is 354 g/mol. The van der Waals surface area contributed by atoms with Gasteiger partial charge in [0, 0.05) is 11.2 Å². The molecule has 3 rings (SSSR count). The maximum Gasteiger partial charge on any atom is 0.415 e. The Morgan fingerprint density at radius 1 is 1.29 bits per heavy atom. The maximum atomic E-state index is 14.9. The Morgan fingerprint density at radius 3 is 2.71 bits per heavy atom. The second-order valence-corrected chi connectivity index (χ2v) is 4.80. The van der Waals surface area contributed by atoms with Crippen LogP contribution in [0.4, 0.5) is 23.7 Å². The molecule has 8 heteroatoms. The van der Waals surface area contributed by atoms with E-state index in [1.54, 1.807) is 24.3 Å². The Hall–Kier alpha value is -2.72. The van der Waals surface area contributed by atoms with Gasteiger partial charge in [-0.25, -0.2) is 18.6 Å². The average molecular weight is 355 g/mol. The summed E-state index contributed by atoms with van der Waals surface area (Å²) < 4.78 is 38.9. The van der Waals surface area contributed by atoms with Crippen LogP contribution in [0.3, 0.4) is 0 Å². The number of amides is 1. The van der Waals surface area contributed by atoms with E-state index in [1.165, 1.54) is 18.3 Å². The SMILES string of the molecule is FCF.O=C1Nc2ccc(Cl)cc2C(F)(C#Cc2ccccn2)O1. The van der Waals surface area contributed by atoms with Crippen molar-refractivity contribution in [3.8, 4) is 11.8 Å². The van der Waals surface area contributed by atoms with Gasteiger partial charge in [-0.05, 0) is 42.2 Å². The van der Waals surface area contributed by atoms with E-state index in [0.717, 1.165) is 0 Å². The summed E-state index contributed by atoms with van der Waals surface area (Å²) in [6.07, 6.45) is 0.622. The molecule has 0 spiro atoms. The topological polar surface area (TPSA) is 51.2 Å². The maximum absolute atomic E-state index is 14.9. The number of benzene rings is 1. The van der Waals surface area contributed by atoms with E-state index in [1.807, 2.05) is 0 Å². The first-order valence-electron chi connectivity index (χ1n) is 6.53. The van der Waals surface area contributed by atoms with Crippen LogP contribution in [-0.2, 0) is 10.6 Å². The Balaban J connectivity index is 0.000000647. The number of nitrogens with zero attached hydrogens (tertiary/aromatic N) is 1. The summed E-state index contributed by atoms with van der Waals surface area (Å²) in [6.45, 7) is -1.75. The fourth-order valence-corrected chi connectivity index (χ4v) is 2.06. The van der Waals surface area contributed by atoms with Gasteiger partial charge in [0.25, 0.3) is 0 Å². The van der Waals surface area contributed by atoms with Crippen LogP contribution in [0, 0.1) is 11.8 Å². The zero-order chi connectivity index (χ0) is 17.6. The molecule has 1 unspecified atom stereocenters. The number of hydrogen-bond acceptors (Lipinski definition) is 3. The van der Waals surface area contributed by atoms with Crippen molar-refractivity contribution in [1.29, 1.82) is 0 Å². The standard InChI is InChI=1S/C15H8ClFN2O2.CH2F2/c16-10-4-5-13-12(9-10)15(17,21-14(20)19-13)7-6-11-3-1-2-8-18-11;2-1-3/h1-5,8-9H,(H,19,20);1H2. The number of fused-ring (bicyclic) bond motifs is 1. The van der Waals surface area contributed by atoms with Crippen molar-refractivity contribution >= 4 is 23.4 Å². The number of halogens is 4. The Kier molecular flexibility index (Phi) is 5.66. The number of ether oxygens (including phenoxy) is 1. The molecule has 2 heterocycles. The molecule has 1 N–H and O–H groups in total. The van der Waals surface area contributed by atoms with Crippen LogP contribution >= 0.6 is 11.6 Å². The van der Waals surface area contributed by atoms with Gasteiger partial charge in [-0.2, -0.15) is 4.39 Å². The smallest absolute Gasteiger partial charge is 0.396 e. The first kappa shape index (κ1) is 17.6. The minimum atomic E-state index is -2.57. The molecule has 1 atom stereocenters. The fourth-order valence-electron chi connectivity index (χ4n) is 1.88. The van der Waals surface area contributed by atoms with E-state index >= 15 is 0 Å². The molecule has 0 saturated carbocycles. The van der Waals surface area contributed by atoms with E-state index in [0.29, 0.717) is 10.7 Å². The molecule has 2 aromatic rings. The van der Waals surface area contributed by atoms with Crippen LogP contribution in [-0.4, -0.2) is 18.0 Å². The number of carbonyl (C=O) groups is 1. The predicted octanol–water partition coefficient (Wildman–Crippen LogP) is 4.35. The number of nitrogens with one attached hydrogen (secondary N) is 1. The normalized spacial score (nSPS) is 17.9. The number of cyclic esters (lactones) is 1. The Labute approximate surface area is 140 Å². The highest BCUT2D eigenvalue weighted by Gasteiger charge is 2.41. The number of alkyl halides is 3. The number of pyridine rings is 1. The zero-order valence-corrected chi connectivity index (χ0v) is 12.8. The third kappa shape index (κ3) is 4.18. The van der Waals surface area contributed by atoms with Crippen LogP contribution in [0.5, 0.6) is 0 Å². The van der Waals surface area contributed by atoms with E-state index < -0.39 is 18.9 Å². The number of anilines is 1. The van der Waals surface area contributed by atoms with Crippen LogP contribution in [0.15, 0.2) is 42.6 Å². The lowest BCUT2D eigenvalue weighted by atomic mass is 10.0. The van der Waals surface area contributed by atoms with Gasteiger partial charge in [0.05, 0.1) is 11.3 Å². The molecule has 1 aliphatic heterocycles. The summed E-state index contributed by atoms with van der Waals surface area (Å²) in [5, 5.41) is 2.71. The average Bonchev–Trinajstić information content (AvgIpc) is 2.56. The van der Waals surface area contributed by atoms with E-state index in [4.69, 9.17) is 16.3 Å². The molecular weight excluding hydrogens is 345 g/mol. The first-order chi connectivity index (χ1) is 11.5. The van der Waals surface area contributed by atoms with Crippen molar-refractivity contribution in [2.45, 2.75) is 5.85 Å². The van der Waals surface area contributed by atoms with Gasteiger partial charge in [-0.1, -0.05) is 17.7 Å². The van der Waals surface area contributed by atoms with Gasteiger partial charge >= 0.3 is 11.9 Å². The van der Waals surface area contributed by atoms with Crippen LogP contribution in [0.25, 0.3) is 0 Å². The van der Waals surface area contributed by atoms with Crippen LogP contribution in [0.1, 0.15) is 11.3 Å². The minimum Gasteiger partial charge on any atom is -0.396 e. The Bertz CT molecular complexity index is 793. The molecule has 124 valence electrons. The van der Waals surface area contributed by atoms with Gasteiger partial charge < -0.3 is 4.74 Å². The van der Waals surface area contributed by atoms with Crippen LogP contribution in [0.2, 0.25) is 5.02 Å². The van der Waals surface area contributed by atoms with Crippen LogP contribution < -0.4 is 5.32 Å². The molecular formula is C16H10ClF3N2O2. The van der Waals surface area contributed by atoms with Gasteiger partial charge in [-0.15, -0.1) is 0 Å². The summed E-state index contributed by atoms with van der Waals surface area (Å²) in [5.74, 6) is 2.29. The second kappa shape index (κ2) is 7.70. The van der Waals surface area contributed by atoms with Gasteiger partial charge in [0.15, 0.2) is 0 Å². The molecule has 0 radical (unpaired) electrons. The lowest BCUT2D eigenvalue weighted by molar-refractivity contribution is -0.0485. The number of carbonyl (C=O) groups excluding carboxylic acids is 1. The van der Waals surface area contributed by atoms with Crippen molar-refractivity contribution in [3.63, 3.8) is 0 Å². The van der Waals surface area contributed by atoms with Crippen molar-refractivity contribution in [2.75, 3.05) is 12.2 Å². The molecule has 1 aromatic heterocycles. The lowest BCUT2D eigenvalue weighted by Crippen LogP contribution is -2.35. The molecule has 24 heavy (non-hydrogen) atoms. The van der Waals surface area contributed by atoms with E-state index in [-0.39, 0.29) is 11.3 Å². The quantitative estimate of drug-likeness (QED) is 0.715. The van der Waals surface area contributed by atoms with E-state index in [2.05, 4.69) is 22.1 Å². The Morgan fingerprint density at radius 2 is 2.04 bits per heavy atom. The number of aromatic nitrogens is 1. The summed E-state index contributed by atoms with van der Waals surface area (Å²) in [4.78, 5) is 15.4. The molecule has 0 fully saturated rings. The summed E-state index contributed by atoms with van der Waals surface area (Å²) in [6, 6.07) is 9.46. The highest BCUT2D eigenvalue weighted by molar-refractivity contribution is 6.30. The first-order valence-corrected chi connectivity index (χ1v) is 6.91. The highest BCUT2D eigenvalue weighted by atomic mass is 35.5. The van der Waals surface area contributed by atoms with Gasteiger partial charge in [-0.3, -0.25) is 5.32 Å². The third-order valence-electron chi connectivity index (χ3n) is 2.81. The van der Waals surface area contributed by atoms with Crippen molar-refractivity contribution in [2.24, 2.45) is 0 Å². The zero-order valence-electron chi connectivity index (χ0n) is 12.0. The van der Waals surface area contributed by atoms with Gasteiger partial charge in [0.2, 0.25) is 6.93 Å². The van der Waals surface area contributed by atoms with Crippen molar-refractivity contribution in [1.82, 2.24) is 4.98 Å². The molecule has 1 aromatic carbocycles. The molecule has 0 bridgehead atoms. The molecule has 4 nitrogen and oxygen atoms in total. The largest absolute Gasteiger partial charge is 0.415 e. The molecule has 1 amide bonds. The minimum absolute atomic E-state index is 0.0537. The van der Waals surface area contributed by atoms with Crippen molar-refractivity contribution in [3.05, 3.63) is 58.9 Å². The summed E-state index contributed by atoms with van der Waals surface area (Å²) in [7, 11) is 0. The lowest BCUT2D eigenvalue weighted by Gasteiger charge is -2.27. The molecule has 1 aliphatic rings. The van der Waals surface area contributed by atoms with Gasteiger partial charge in [0.1, 0.15) is 5.69 Å². The highest BCUT2D eigenvalue weighted by Crippen LogP contribution is 2.38. The number of rotatable bonds is 0. The summed E-state index contributed by atoms with van der Waals surface area (Å²) in [5.41, 5.74) is 0.694. The predicted molar refractivity (Wildman–Crippen MR) is 82.5 cm³/mol. The number of hydrogen-bond donors (Lipinski definition) is 1. The fraction of sp³-hybridized carbons (Fsp3) is 0.125. The summed E-state index contributed by atoms with van der Waals surface area (Å²) >= 11 is 5.86. The third-order valence-corrected chi connectivity index (χ3v) is 3.05. The van der Waals surface area contributed by atoms with E-state index in [9.17, 15) is 18.0 Å². The molecule has 0 aliphatic carbocycles. The molecule has 0 saturated heterocycles. The van der Waals surface area contributed by atoms with Crippen molar-refractivity contribution < 1.29 is 22.7 Å². The second-order valence-electron chi connectivity index (χ2n) is 4.37.